The highest BCUT2D eigenvalue weighted by atomic mass is 32.1. The molecule has 0 aliphatic heterocycles. The van der Waals surface area contributed by atoms with Crippen molar-refractivity contribution in [3.63, 3.8) is 0 Å². The Morgan fingerprint density at radius 1 is 0.885 bits per heavy atom. The Bertz CT molecular complexity index is 1040. The van der Waals surface area contributed by atoms with Crippen molar-refractivity contribution in [3.05, 3.63) is 78.4 Å². The number of urea groups is 1. The molecule has 128 valence electrons. The minimum atomic E-state index is -0.268. The third-order valence-corrected chi connectivity index (χ3v) is 5.06. The lowest BCUT2D eigenvalue weighted by molar-refractivity contribution is 0.262. The summed E-state index contributed by atoms with van der Waals surface area (Å²) in [7, 11) is 0. The molecular formula is C21H17N3OS. The van der Waals surface area contributed by atoms with Gasteiger partial charge in [-0.25, -0.2) is 9.78 Å². The summed E-state index contributed by atoms with van der Waals surface area (Å²) in [6.45, 7) is 2.01. The second kappa shape index (κ2) is 6.98. The summed E-state index contributed by atoms with van der Waals surface area (Å²) in [6.07, 6.45) is 0. The number of hydrogen-bond acceptors (Lipinski definition) is 3. The molecule has 0 saturated heterocycles. The normalized spacial score (nSPS) is 10.7. The quantitative estimate of drug-likeness (QED) is 0.477. The van der Waals surface area contributed by atoms with Crippen molar-refractivity contribution in [1.29, 1.82) is 0 Å². The fraction of sp³-hybridized carbons (Fsp3) is 0.0476. The number of fused-ring (bicyclic) bond motifs is 1. The van der Waals surface area contributed by atoms with Gasteiger partial charge in [0.2, 0.25) is 0 Å². The van der Waals surface area contributed by atoms with Crippen LogP contribution in [0.15, 0.2) is 72.8 Å². The Kier molecular flexibility index (Phi) is 4.37. The highest BCUT2D eigenvalue weighted by Crippen LogP contribution is 2.31. The van der Waals surface area contributed by atoms with E-state index in [0.717, 1.165) is 37.7 Å². The van der Waals surface area contributed by atoms with E-state index in [1.165, 1.54) is 0 Å². The van der Waals surface area contributed by atoms with Crippen LogP contribution in [0.3, 0.4) is 0 Å². The molecule has 0 fully saturated rings. The van der Waals surface area contributed by atoms with Crippen molar-refractivity contribution in [3.8, 4) is 10.6 Å². The van der Waals surface area contributed by atoms with Gasteiger partial charge in [-0.05, 0) is 43.3 Å². The maximum atomic E-state index is 12.2. The highest BCUT2D eigenvalue weighted by molar-refractivity contribution is 7.21. The van der Waals surface area contributed by atoms with Crippen LogP contribution in [0.5, 0.6) is 0 Å². The van der Waals surface area contributed by atoms with Crippen LogP contribution < -0.4 is 10.6 Å². The summed E-state index contributed by atoms with van der Waals surface area (Å²) in [5.74, 6) is 0. The molecule has 2 N–H and O–H groups in total. The van der Waals surface area contributed by atoms with Crippen LogP contribution in [0.2, 0.25) is 0 Å². The van der Waals surface area contributed by atoms with Gasteiger partial charge in [0.05, 0.1) is 10.2 Å². The Morgan fingerprint density at radius 2 is 1.65 bits per heavy atom. The van der Waals surface area contributed by atoms with E-state index in [1.54, 1.807) is 11.3 Å². The third-order valence-electron chi connectivity index (χ3n) is 3.97. The van der Waals surface area contributed by atoms with Gasteiger partial charge in [-0.15, -0.1) is 11.3 Å². The first-order valence-corrected chi connectivity index (χ1v) is 9.10. The van der Waals surface area contributed by atoms with Crippen LogP contribution in [0, 0.1) is 6.92 Å². The fourth-order valence-corrected chi connectivity index (χ4v) is 3.62. The van der Waals surface area contributed by atoms with E-state index in [-0.39, 0.29) is 6.03 Å². The van der Waals surface area contributed by atoms with E-state index in [4.69, 9.17) is 0 Å². The molecule has 0 aliphatic rings. The number of thiazole rings is 1. The molecule has 0 bridgehead atoms. The van der Waals surface area contributed by atoms with E-state index in [9.17, 15) is 4.79 Å². The van der Waals surface area contributed by atoms with Gasteiger partial charge in [-0.1, -0.05) is 42.0 Å². The van der Waals surface area contributed by atoms with E-state index in [2.05, 4.69) is 21.7 Å². The number of hydrogen-bond donors (Lipinski definition) is 2. The predicted octanol–water partition coefficient (Wildman–Crippen LogP) is 5.92. The monoisotopic (exact) mass is 359 g/mol. The van der Waals surface area contributed by atoms with Gasteiger partial charge < -0.3 is 10.6 Å². The Hall–Kier alpha value is -3.18. The standard InChI is InChI=1S/C21H17N3OS/c1-14-9-11-16(12-10-14)22-21(25)23-17-6-4-5-15(13-17)20-24-18-7-2-3-8-19(18)26-20/h2-13H,1H3,(H2,22,23,25). The molecule has 1 heterocycles. The zero-order chi connectivity index (χ0) is 17.9. The first-order valence-electron chi connectivity index (χ1n) is 8.28. The van der Waals surface area contributed by atoms with Crippen LogP contribution in [0.25, 0.3) is 20.8 Å². The third kappa shape index (κ3) is 3.58. The number of benzene rings is 3. The summed E-state index contributed by atoms with van der Waals surface area (Å²) in [5, 5.41) is 6.65. The lowest BCUT2D eigenvalue weighted by atomic mass is 10.2. The smallest absolute Gasteiger partial charge is 0.308 e. The fourth-order valence-electron chi connectivity index (χ4n) is 2.66. The van der Waals surface area contributed by atoms with E-state index >= 15 is 0 Å². The average molecular weight is 359 g/mol. The number of amides is 2. The number of anilines is 2. The van der Waals surface area contributed by atoms with Crippen LogP contribution >= 0.6 is 11.3 Å². The molecule has 0 radical (unpaired) electrons. The molecule has 1 aromatic heterocycles. The van der Waals surface area contributed by atoms with Crippen molar-refractivity contribution < 1.29 is 4.79 Å². The number of aromatic nitrogens is 1. The maximum Gasteiger partial charge on any atom is 0.323 e. The number of para-hydroxylation sites is 1. The van der Waals surface area contributed by atoms with Crippen LogP contribution in [-0.4, -0.2) is 11.0 Å². The molecule has 0 unspecified atom stereocenters. The summed E-state index contributed by atoms with van der Waals surface area (Å²) < 4.78 is 1.15. The van der Waals surface area contributed by atoms with Gasteiger partial charge in [0.1, 0.15) is 5.01 Å². The zero-order valence-corrected chi connectivity index (χ0v) is 15.0. The van der Waals surface area contributed by atoms with Crippen molar-refractivity contribution >= 4 is 39.0 Å². The maximum absolute atomic E-state index is 12.2. The number of nitrogens with one attached hydrogen (secondary N) is 2. The zero-order valence-electron chi connectivity index (χ0n) is 14.2. The second-order valence-electron chi connectivity index (χ2n) is 6.01. The Balaban J connectivity index is 1.51. The molecule has 4 rings (SSSR count). The molecule has 5 heteroatoms. The van der Waals surface area contributed by atoms with Crippen LogP contribution in [0.1, 0.15) is 5.56 Å². The second-order valence-corrected chi connectivity index (χ2v) is 7.04. The largest absolute Gasteiger partial charge is 0.323 e. The Labute approximate surface area is 155 Å². The van der Waals surface area contributed by atoms with Gasteiger partial charge in [0, 0.05) is 16.9 Å². The first kappa shape index (κ1) is 16.3. The molecule has 0 saturated carbocycles. The number of nitrogens with zero attached hydrogens (tertiary/aromatic N) is 1. The number of carbonyl (C=O) groups excluding carboxylic acids is 1. The minimum absolute atomic E-state index is 0.268. The van der Waals surface area contributed by atoms with Gasteiger partial charge in [0.15, 0.2) is 0 Å². The average Bonchev–Trinajstić information content (AvgIpc) is 3.08. The SMILES string of the molecule is Cc1ccc(NC(=O)Nc2cccc(-c3nc4ccccc4s3)c2)cc1. The summed E-state index contributed by atoms with van der Waals surface area (Å²) >= 11 is 1.64. The molecule has 26 heavy (non-hydrogen) atoms. The predicted molar refractivity (Wildman–Crippen MR) is 109 cm³/mol. The molecule has 2 amide bonds. The number of rotatable bonds is 3. The van der Waals surface area contributed by atoms with E-state index in [1.807, 2.05) is 73.7 Å². The Morgan fingerprint density at radius 3 is 2.46 bits per heavy atom. The molecular weight excluding hydrogens is 342 g/mol. The highest BCUT2D eigenvalue weighted by Gasteiger charge is 2.08. The molecule has 0 spiro atoms. The topological polar surface area (TPSA) is 54.0 Å². The molecule has 3 aromatic carbocycles. The van der Waals surface area contributed by atoms with Gasteiger partial charge in [-0.2, -0.15) is 0 Å². The lowest BCUT2D eigenvalue weighted by Crippen LogP contribution is -2.19. The van der Waals surface area contributed by atoms with Gasteiger partial charge in [0.25, 0.3) is 0 Å². The first-order chi connectivity index (χ1) is 12.7. The summed E-state index contributed by atoms with van der Waals surface area (Å²) in [5.41, 5.74) is 4.61. The number of carbonyl (C=O) groups is 1. The summed E-state index contributed by atoms with van der Waals surface area (Å²) in [4.78, 5) is 16.9. The van der Waals surface area contributed by atoms with Gasteiger partial charge >= 0.3 is 6.03 Å². The lowest BCUT2D eigenvalue weighted by Gasteiger charge is -2.08. The minimum Gasteiger partial charge on any atom is -0.308 e. The van der Waals surface area contributed by atoms with E-state index in [0.29, 0.717) is 0 Å². The van der Waals surface area contributed by atoms with Crippen molar-refractivity contribution in [2.24, 2.45) is 0 Å². The van der Waals surface area contributed by atoms with Crippen LogP contribution in [-0.2, 0) is 0 Å². The van der Waals surface area contributed by atoms with Gasteiger partial charge in [-0.3, -0.25) is 0 Å². The molecule has 0 atom stereocenters. The van der Waals surface area contributed by atoms with Crippen molar-refractivity contribution in [2.45, 2.75) is 6.92 Å². The molecule has 4 nitrogen and oxygen atoms in total. The van der Waals surface area contributed by atoms with Crippen LogP contribution in [0.4, 0.5) is 16.2 Å². The number of aryl methyl sites for hydroxylation is 1. The molecule has 0 aliphatic carbocycles. The van der Waals surface area contributed by atoms with E-state index < -0.39 is 0 Å². The summed E-state index contributed by atoms with van der Waals surface area (Å²) in [6, 6.07) is 23.2. The molecule has 4 aromatic rings. The van der Waals surface area contributed by atoms with Crippen molar-refractivity contribution in [2.75, 3.05) is 10.6 Å². The van der Waals surface area contributed by atoms with Crippen molar-refractivity contribution in [1.82, 2.24) is 4.98 Å².